The highest BCUT2D eigenvalue weighted by Gasteiger charge is 2.35. The minimum absolute atomic E-state index is 0.111. The summed E-state index contributed by atoms with van der Waals surface area (Å²) in [7, 11) is -3.60. The number of benzene rings is 1. The zero-order chi connectivity index (χ0) is 15.1. The Hall–Kier alpha value is -0.980. The quantitative estimate of drug-likeness (QED) is 0.906. The standard InChI is InChI=1S/C14H21FN2O2S/c1-9-5-13(15)6-10(2)14(9)20(18,19)17-8-11(3)16-7-12(17)4/h5-6,11-12,16H,7-8H2,1-4H3. The van der Waals surface area contributed by atoms with Crippen LogP contribution in [0.4, 0.5) is 4.39 Å². The first-order valence-electron chi connectivity index (χ1n) is 6.75. The van der Waals surface area contributed by atoms with Gasteiger partial charge in [-0.15, -0.1) is 0 Å². The minimum atomic E-state index is -3.60. The van der Waals surface area contributed by atoms with Crippen molar-refractivity contribution in [2.24, 2.45) is 0 Å². The number of sulfonamides is 1. The Morgan fingerprint density at radius 1 is 1.25 bits per heavy atom. The fraction of sp³-hybridized carbons (Fsp3) is 0.571. The summed E-state index contributed by atoms with van der Waals surface area (Å²) in [6, 6.07) is 2.55. The number of halogens is 1. The van der Waals surface area contributed by atoms with Crippen LogP contribution in [-0.2, 0) is 10.0 Å². The van der Waals surface area contributed by atoms with E-state index in [1.165, 1.54) is 16.4 Å². The van der Waals surface area contributed by atoms with Crippen LogP contribution in [0, 0.1) is 19.7 Å². The van der Waals surface area contributed by atoms with Gasteiger partial charge in [0.05, 0.1) is 4.90 Å². The summed E-state index contributed by atoms with van der Waals surface area (Å²) in [6.07, 6.45) is 0. The zero-order valence-electron chi connectivity index (χ0n) is 12.3. The third-order valence-corrected chi connectivity index (χ3v) is 5.99. The van der Waals surface area contributed by atoms with E-state index in [1.54, 1.807) is 13.8 Å². The van der Waals surface area contributed by atoms with E-state index >= 15 is 0 Å². The van der Waals surface area contributed by atoms with Crippen LogP contribution in [0.5, 0.6) is 0 Å². The molecule has 1 heterocycles. The van der Waals surface area contributed by atoms with Crippen molar-refractivity contribution in [3.05, 3.63) is 29.1 Å². The molecule has 1 N–H and O–H groups in total. The lowest BCUT2D eigenvalue weighted by atomic mass is 10.1. The average molecular weight is 300 g/mol. The highest BCUT2D eigenvalue weighted by atomic mass is 32.2. The number of nitrogens with one attached hydrogen (secondary N) is 1. The molecule has 0 saturated carbocycles. The molecule has 0 aromatic heterocycles. The van der Waals surface area contributed by atoms with Crippen molar-refractivity contribution in [2.45, 2.75) is 44.7 Å². The molecule has 1 aromatic carbocycles. The molecule has 0 aliphatic carbocycles. The Morgan fingerprint density at radius 2 is 1.80 bits per heavy atom. The lowest BCUT2D eigenvalue weighted by Crippen LogP contribution is -2.56. The summed E-state index contributed by atoms with van der Waals surface area (Å²) < 4.78 is 40.6. The third kappa shape index (κ3) is 2.73. The highest BCUT2D eigenvalue weighted by Crippen LogP contribution is 2.27. The van der Waals surface area contributed by atoms with Gasteiger partial charge in [-0.1, -0.05) is 0 Å². The molecular formula is C14H21FN2O2S. The summed E-state index contributed by atoms with van der Waals surface area (Å²) in [4.78, 5) is 0.236. The van der Waals surface area contributed by atoms with E-state index in [9.17, 15) is 12.8 Å². The van der Waals surface area contributed by atoms with Crippen LogP contribution in [0.15, 0.2) is 17.0 Å². The molecule has 20 heavy (non-hydrogen) atoms. The summed E-state index contributed by atoms with van der Waals surface area (Å²) in [5.41, 5.74) is 0.918. The monoisotopic (exact) mass is 300 g/mol. The molecule has 2 rings (SSSR count). The SMILES string of the molecule is Cc1cc(F)cc(C)c1S(=O)(=O)N1CC(C)NCC1C. The molecule has 0 spiro atoms. The molecule has 0 radical (unpaired) electrons. The van der Waals surface area contributed by atoms with E-state index in [0.717, 1.165) is 0 Å². The van der Waals surface area contributed by atoms with E-state index in [1.807, 2.05) is 13.8 Å². The normalized spacial score (nSPS) is 24.9. The highest BCUT2D eigenvalue weighted by molar-refractivity contribution is 7.89. The Kier molecular flexibility index (Phi) is 4.18. The maximum atomic E-state index is 13.4. The molecule has 0 bridgehead atoms. The molecule has 1 fully saturated rings. The van der Waals surface area contributed by atoms with Gasteiger partial charge in [-0.3, -0.25) is 0 Å². The molecular weight excluding hydrogens is 279 g/mol. The second-order valence-corrected chi connectivity index (χ2v) is 7.43. The molecule has 0 amide bonds. The minimum Gasteiger partial charge on any atom is -0.311 e. The Balaban J connectivity index is 2.50. The van der Waals surface area contributed by atoms with Crippen molar-refractivity contribution < 1.29 is 12.8 Å². The van der Waals surface area contributed by atoms with Crippen LogP contribution < -0.4 is 5.32 Å². The lowest BCUT2D eigenvalue weighted by Gasteiger charge is -2.37. The molecule has 1 saturated heterocycles. The van der Waals surface area contributed by atoms with E-state index < -0.39 is 15.8 Å². The fourth-order valence-corrected chi connectivity index (χ4v) is 4.88. The number of hydrogen-bond donors (Lipinski definition) is 1. The van der Waals surface area contributed by atoms with E-state index in [-0.39, 0.29) is 17.0 Å². The van der Waals surface area contributed by atoms with Crippen LogP contribution >= 0.6 is 0 Å². The van der Waals surface area contributed by atoms with Gasteiger partial charge < -0.3 is 5.32 Å². The first kappa shape index (κ1) is 15.4. The van der Waals surface area contributed by atoms with Crippen molar-refractivity contribution in [1.82, 2.24) is 9.62 Å². The molecule has 2 atom stereocenters. The Bertz CT molecular complexity index is 593. The largest absolute Gasteiger partial charge is 0.311 e. The van der Waals surface area contributed by atoms with Crippen molar-refractivity contribution >= 4 is 10.0 Å². The van der Waals surface area contributed by atoms with Crippen molar-refractivity contribution in [3.8, 4) is 0 Å². The second kappa shape index (κ2) is 5.42. The summed E-state index contributed by atoms with van der Waals surface area (Å²) in [5.74, 6) is -0.402. The fourth-order valence-electron chi connectivity index (χ4n) is 2.74. The van der Waals surface area contributed by atoms with Gasteiger partial charge in [0, 0.05) is 25.2 Å². The number of nitrogens with zero attached hydrogens (tertiary/aromatic N) is 1. The molecule has 1 aromatic rings. The van der Waals surface area contributed by atoms with Crippen molar-refractivity contribution in [1.29, 1.82) is 0 Å². The van der Waals surface area contributed by atoms with Crippen LogP contribution in [0.2, 0.25) is 0 Å². The molecule has 1 aliphatic rings. The van der Waals surface area contributed by atoms with Gasteiger partial charge in [0.25, 0.3) is 0 Å². The zero-order valence-corrected chi connectivity index (χ0v) is 13.1. The molecule has 1 aliphatic heterocycles. The van der Waals surface area contributed by atoms with Gasteiger partial charge in [-0.05, 0) is 51.0 Å². The van der Waals surface area contributed by atoms with Gasteiger partial charge in [-0.2, -0.15) is 4.31 Å². The van der Waals surface area contributed by atoms with Crippen LogP contribution in [0.1, 0.15) is 25.0 Å². The maximum absolute atomic E-state index is 13.4. The first-order chi connectivity index (χ1) is 9.23. The number of rotatable bonds is 2. The maximum Gasteiger partial charge on any atom is 0.243 e. The predicted octanol–water partition coefficient (Wildman–Crippen LogP) is 1.81. The van der Waals surface area contributed by atoms with Crippen molar-refractivity contribution in [3.63, 3.8) is 0 Å². The third-order valence-electron chi connectivity index (χ3n) is 3.70. The van der Waals surface area contributed by atoms with E-state index in [0.29, 0.717) is 24.2 Å². The summed E-state index contributed by atoms with van der Waals surface area (Å²) >= 11 is 0. The lowest BCUT2D eigenvalue weighted by molar-refractivity contribution is 0.244. The smallest absolute Gasteiger partial charge is 0.243 e. The van der Waals surface area contributed by atoms with E-state index in [2.05, 4.69) is 5.32 Å². The summed E-state index contributed by atoms with van der Waals surface area (Å²) in [6.45, 7) is 8.17. The molecule has 4 nitrogen and oxygen atoms in total. The van der Waals surface area contributed by atoms with Gasteiger partial charge in [0.2, 0.25) is 10.0 Å². The molecule has 2 unspecified atom stereocenters. The van der Waals surface area contributed by atoms with Crippen molar-refractivity contribution in [2.75, 3.05) is 13.1 Å². The molecule has 6 heteroatoms. The van der Waals surface area contributed by atoms with Crippen LogP contribution in [-0.4, -0.2) is 37.9 Å². The average Bonchev–Trinajstić information content (AvgIpc) is 2.30. The van der Waals surface area contributed by atoms with Crippen LogP contribution in [0.25, 0.3) is 0 Å². The Morgan fingerprint density at radius 3 is 2.35 bits per heavy atom. The van der Waals surface area contributed by atoms with E-state index in [4.69, 9.17) is 0 Å². The van der Waals surface area contributed by atoms with Crippen LogP contribution in [0.3, 0.4) is 0 Å². The first-order valence-corrected chi connectivity index (χ1v) is 8.19. The van der Waals surface area contributed by atoms with Gasteiger partial charge in [0.15, 0.2) is 0 Å². The summed E-state index contributed by atoms with van der Waals surface area (Å²) in [5, 5.41) is 3.26. The topological polar surface area (TPSA) is 49.4 Å². The van der Waals surface area contributed by atoms with Gasteiger partial charge >= 0.3 is 0 Å². The Labute approximate surface area is 120 Å². The van der Waals surface area contributed by atoms with Gasteiger partial charge in [-0.25, -0.2) is 12.8 Å². The predicted molar refractivity (Wildman–Crippen MR) is 76.7 cm³/mol. The number of piperazine rings is 1. The molecule has 112 valence electrons. The number of aryl methyl sites for hydroxylation is 2. The number of hydrogen-bond acceptors (Lipinski definition) is 3. The second-order valence-electron chi connectivity index (χ2n) is 5.60. The van der Waals surface area contributed by atoms with Gasteiger partial charge in [0.1, 0.15) is 5.82 Å².